The normalized spacial score (nSPS) is 17.2. The average molecular weight is 267 g/mol. The number of carbonyl (C=O) groups is 1. The van der Waals surface area contributed by atoms with Gasteiger partial charge in [0, 0.05) is 13.1 Å². The Morgan fingerprint density at radius 3 is 2.56 bits per heavy atom. The Labute approximate surface area is 112 Å². The molecule has 0 aliphatic heterocycles. The summed E-state index contributed by atoms with van der Waals surface area (Å²) >= 11 is 1.46. The van der Waals surface area contributed by atoms with Crippen molar-refractivity contribution < 1.29 is 4.79 Å². The molecule has 4 nitrogen and oxygen atoms in total. The molecule has 1 aliphatic rings. The molecule has 5 heteroatoms. The molecule has 0 radical (unpaired) electrons. The van der Waals surface area contributed by atoms with E-state index in [1.165, 1.54) is 49.9 Å². The molecule has 0 saturated heterocycles. The summed E-state index contributed by atoms with van der Waals surface area (Å²) in [6.07, 6.45) is 7.72. The van der Waals surface area contributed by atoms with Crippen LogP contribution in [0.3, 0.4) is 0 Å². The van der Waals surface area contributed by atoms with Crippen molar-refractivity contribution in [2.45, 2.75) is 51.5 Å². The predicted octanol–water partition coefficient (Wildman–Crippen LogP) is 2.95. The van der Waals surface area contributed by atoms with Crippen LogP contribution in [0.15, 0.2) is 0 Å². The number of hydrogen-bond donors (Lipinski definition) is 2. The van der Waals surface area contributed by atoms with Gasteiger partial charge in [-0.15, -0.1) is 0 Å². The molecule has 1 heterocycles. The third kappa shape index (κ3) is 3.22. The predicted molar refractivity (Wildman–Crippen MR) is 75.4 cm³/mol. The molecule has 2 N–H and O–H groups in total. The zero-order valence-corrected chi connectivity index (χ0v) is 11.9. The first-order valence-corrected chi connectivity index (χ1v) is 7.48. The fourth-order valence-corrected chi connectivity index (χ4v) is 3.37. The smallest absolute Gasteiger partial charge is 0.263 e. The molecule has 1 aliphatic carbocycles. The van der Waals surface area contributed by atoms with Crippen LogP contribution >= 0.6 is 11.3 Å². The van der Waals surface area contributed by atoms with Crippen LogP contribution < -0.4 is 10.6 Å². The van der Waals surface area contributed by atoms with E-state index in [1.54, 1.807) is 7.05 Å². The molecule has 0 spiro atoms. The molecule has 0 unspecified atom stereocenters. The van der Waals surface area contributed by atoms with E-state index in [0.29, 0.717) is 10.9 Å². The molecule has 0 aromatic carbocycles. The lowest BCUT2D eigenvalue weighted by Crippen LogP contribution is -2.18. The summed E-state index contributed by atoms with van der Waals surface area (Å²) in [7, 11) is 1.65. The maximum absolute atomic E-state index is 11.6. The van der Waals surface area contributed by atoms with Crippen LogP contribution in [0.4, 0.5) is 5.13 Å². The molecule has 1 amide bonds. The maximum Gasteiger partial charge on any atom is 0.263 e. The van der Waals surface area contributed by atoms with Gasteiger partial charge in [0.1, 0.15) is 4.88 Å². The monoisotopic (exact) mass is 267 g/mol. The minimum atomic E-state index is -0.0427. The van der Waals surface area contributed by atoms with Gasteiger partial charge in [-0.05, 0) is 19.8 Å². The van der Waals surface area contributed by atoms with E-state index in [-0.39, 0.29) is 5.91 Å². The van der Waals surface area contributed by atoms with Gasteiger partial charge in [0.15, 0.2) is 5.13 Å². The highest BCUT2D eigenvalue weighted by Gasteiger charge is 2.17. The largest absolute Gasteiger partial charge is 0.359 e. The zero-order valence-electron chi connectivity index (χ0n) is 11.1. The molecule has 1 fully saturated rings. The van der Waals surface area contributed by atoms with E-state index in [1.807, 2.05) is 6.92 Å². The van der Waals surface area contributed by atoms with Gasteiger partial charge in [0.2, 0.25) is 0 Å². The summed E-state index contributed by atoms with van der Waals surface area (Å²) in [6, 6.07) is 0.524. The molecular weight excluding hydrogens is 246 g/mol. The highest BCUT2D eigenvalue weighted by Crippen LogP contribution is 2.26. The van der Waals surface area contributed by atoms with Crippen LogP contribution in [0, 0.1) is 6.92 Å². The number of carbonyl (C=O) groups excluding carboxylic acids is 1. The molecular formula is C13H21N3OS. The minimum Gasteiger partial charge on any atom is -0.359 e. The highest BCUT2D eigenvalue weighted by molar-refractivity contribution is 7.17. The van der Waals surface area contributed by atoms with Gasteiger partial charge in [0.25, 0.3) is 5.91 Å². The number of thiazole rings is 1. The molecule has 0 bridgehead atoms. The van der Waals surface area contributed by atoms with Crippen LogP contribution in [0.25, 0.3) is 0 Å². The van der Waals surface area contributed by atoms with Crippen LogP contribution in [0.2, 0.25) is 0 Å². The van der Waals surface area contributed by atoms with E-state index in [0.717, 1.165) is 10.8 Å². The third-order valence-corrected chi connectivity index (χ3v) is 4.50. The van der Waals surface area contributed by atoms with E-state index in [9.17, 15) is 4.79 Å². The first kappa shape index (κ1) is 13.3. The van der Waals surface area contributed by atoms with Crippen LogP contribution in [0.1, 0.15) is 53.9 Å². The number of hydrogen-bond acceptors (Lipinski definition) is 4. The van der Waals surface area contributed by atoms with Gasteiger partial charge in [-0.1, -0.05) is 37.0 Å². The summed E-state index contributed by atoms with van der Waals surface area (Å²) in [5.74, 6) is -0.0427. The molecule has 1 aromatic rings. The van der Waals surface area contributed by atoms with Crippen molar-refractivity contribution in [3.05, 3.63) is 10.6 Å². The van der Waals surface area contributed by atoms with Crippen molar-refractivity contribution in [1.82, 2.24) is 10.3 Å². The number of rotatable bonds is 3. The highest BCUT2D eigenvalue weighted by atomic mass is 32.1. The fourth-order valence-electron chi connectivity index (χ4n) is 2.38. The number of amides is 1. The SMILES string of the molecule is CNC(=O)c1sc(NC2CCCCCC2)nc1C. The molecule has 2 rings (SSSR count). The Balaban J connectivity index is 2.02. The van der Waals surface area contributed by atoms with Crippen molar-refractivity contribution in [1.29, 1.82) is 0 Å². The molecule has 1 aromatic heterocycles. The lowest BCUT2D eigenvalue weighted by Gasteiger charge is -2.14. The van der Waals surface area contributed by atoms with Gasteiger partial charge in [-0.25, -0.2) is 4.98 Å². The topological polar surface area (TPSA) is 54.0 Å². The summed E-state index contributed by atoms with van der Waals surface area (Å²) in [5, 5.41) is 7.03. The zero-order chi connectivity index (χ0) is 13.0. The lowest BCUT2D eigenvalue weighted by atomic mass is 10.1. The standard InChI is InChI=1S/C13H21N3OS/c1-9-11(12(17)14-2)18-13(15-9)16-10-7-5-3-4-6-8-10/h10H,3-8H2,1-2H3,(H,14,17)(H,15,16). The second-order valence-corrected chi connectivity index (χ2v) is 5.84. The third-order valence-electron chi connectivity index (χ3n) is 3.41. The van der Waals surface area contributed by atoms with Crippen molar-refractivity contribution >= 4 is 22.4 Å². The Hall–Kier alpha value is -1.10. The number of nitrogens with zero attached hydrogens (tertiary/aromatic N) is 1. The first-order valence-electron chi connectivity index (χ1n) is 6.66. The van der Waals surface area contributed by atoms with Gasteiger partial charge in [0.05, 0.1) is 5.69 Å². The van der Waals surface area contributed by atoms with E-state index >= 15 is 0 Å². The second kappa shape index (κ2) is 6.18. The number of anilines is 1. The molecule has 100 valence electrons. The van der Waals surface area contributed by atoms with Crippen LogP contribution in [-0.2, 0) is 0 Å². The lowest BCUT2D eigenvalue weighted by molar-refractivity contribution is 0.0966. The maximum atomic E-state index is 11.6. The van der Waals surface area contributed by atoms with Gasteiger partial charge in [-0.3, -0.25) is 4.79 Å². The molecule has 1 saturated carbocycles. The second-order valence-electron chi connectivity index (χ2n) is 4.85. The van der Waals surface area contributed by atoms with Crippen molar-refractivity contribution in [3.8, 4) is 0 Å². The number of nitrogens with one attached hydrogen (secondary N) is 2. The Kier molecular flexibility index (Phi) is 4.58. The van der Waals surface area contributed by atoms with E-state index in [4.69, 9.17) is 0 Å². The molecule has 18 heavy (non-hydrogen) atoms. The summed E-state index contributed by atoms with van der Waals surface area (Å²) in [5.41, 5.74) is 0.815. The first-order chi connectivity index (χ1) is 8.70. The minimum absolute atomic E-state index is 0.0427. The summed E-state index contributed by atoms with van der Waals surface area (Å²) in [6.45, 7) is 1.89. The fraction of sp³-hybridized carbons (Fsp3) is 0.692. The van der Waals surface area contributed by atoms with Gasteiger partial charge in [-0.2, -0.15) is 0 Å². The van der Waals surface area contributed by atoms with Crippen LogP contribution in [-0.4, -0.2) is 24.0 Å². The quantitative estimate of drug-likeness (QED) is 0.828. The Bertz CT molecular complexity index is 408. The van der Waals surface area contributed by atoms with Crippen molar-refractivity contribution in [2.24, 2.45) is 0 Å². The van der Waals surface area contributed by atoms with Gasteiger partial charge < -0.3 is 10.6 Å². The van der Waals surface area contributed by atoms with Gasteiger partial charge >= 0.3 is 0 Å². The van der Waals surface area contributed by atoms with Crippen molar-refractivity contribution in [2.75, 3.05) is 12.4 Å². The Morgan fingerprint density at radius 1 is 1.28 bits per heavy atom. The van der Waals surface area contributed by atoms with Crippen molar-refractivity contribution in [3.63, 3.8) is 0 Å². The van der Waals surface area contributed by atoms with Crippen LogP contribution in [0.5, 0.6) is 0 Å². The Morgan fingerprint density at radius 2 is 1.94 bits per heavy atom. The van der Waals surface area contributed by atoms with E-state index < -0.39 is 0 Å². The number of aryl methyl sites for hydroxylation is 1. The summed E-state index contributed by atoms with van der Waals surface area (Å²) in [4.78, 5) is 16.8. The summed E-state index contributed by atoms with van der Waals surface area (Å²) < 4.78 is 0. The average Bonchev–Trinajstić information content (AvgIpc) is 2.57. The molecule has 0 atom stereocenters. The van der Waals surface area contributed by atoms with E-state index in [2.05, 4.69) is 15.6 Å². The number of aromatic nitrogens is 1.